The first-order valence-corrected chi connectivity index (χ1v) is 8.12. The van der Waals surface area contributed by atoms with Gasteiger partial charge in [-0.3, -0.25) is 0 Å². The molecule has 1 N–H and O–H groups in total. The molecule has 0 bridgehead atoms. The minimum absolute atomic E-state index is 0.635. The van der Waals surface area contributed by atoms with Gasteiger partial charge in [0.05, 0.1) is 0 Å². The Bertz CT molecular complexity index is 334. The third kappa shape index (κ3) is 5.03. The van der Waals surface area contributed by atoms with E-state index in [9.17, 15) is 0 Å². The van der Waals surface area contributed by atoms with Crippen molar-refractivity contribution in [2.24, 2.45) is 5.92 Å². The summed E-state index contributed by atoms with van der Waals surface area (Å²) in [5, 5.41) is 3.65. The molecular formula is C16H27NS. The second-order valence-corrected chi connectivity index (χ2v) is 5.96. The molecule has 0 aliphatic rings. The summed E-state index contributed by atoms with van der Waals surface area (Å²) < 4.78 is 0. The monoisotopic (exact) mass is 265 g/mol. The molecule has 2 heteroatoms. The fourth-order valence-corrected chi connectivity index (χ4v) is 3.58. The highest BCUT2D eigenvalue weighted by atomic mass is 32.2. The smallest absolute Gasteiger partial charge is 0.0189 e. The molecule has 0 aliphatic heterocycles. The van der Waals surface area contributed by atoms with Crippen molar-refractivity contribution in [3.8, 4) is 0 Å². The molecule has 1 unspecified atom stereocenters. The first kappa shape index (κ1) is 15.6. The van der Waals surface area contributed by atoms with Gasteiger partial charge in [-0.25, -0.2) is 0 Å². The zero-order valence-electron chi connectivity index (χ0n) is 12.2. The van der Waals surface area contributed by atoms with Crippen molar-refractivity contribution in [1.82, 2.24) is 5.32 Å². The lowest BCUT2D eigenvalue weighted by Crippen LogP contribution is -2.37. The van der Waals surface area contributed by atoms with Crippen molar-refractivity contribution in [3.63, 3.8) is 0 Å². The topological polar surface area (TPSA) is 12.0 Å². The molecule has 1 aromatic carbocycles. The number of aryl methyl sites for hydroxylation is 1. The van der Waals surface area contributed by atoms with E-state index in [2.05, 4.69) is 57.3 Å². The van der Waals surface area contributed by atoms with Crippen LogP contribution in [0, 0.1) is 12.8 Å². The van der Waals surface area contributed by atoms with E-state index in [1.165, 1.54) is 29.1 Å². The lowest BCUT2D eigenvalue weighted by Gasteiger charge is -2.25. The quantitative estimate of drug-likeness (QED) is 0.694. The van der Waals surface area contributed by atoms with E-state index < -0.39 is 0 Å². The van der Waals surface area contributed by atoms with Gasteiger partial charge < -0.3 is 5.32 Å². The predicted octanol–water partition coefficient (Wildman–Crippen LogP) is 4.50. The molecule has 1 aromatic rings. The summed E-state index contributed by atoms with van der Waals surface area (Å²) in [6.07, 6.45) is 2.53. The molecule has 1 nitrogen and oxygen atoms in total. The molecule has 0 heterocycles. The number of thioether (sulfide) groups is 1. The average molecular weight is 265 g/mol. The SMILES string of the molecule is CCNC(CSc1cccc(C)c1)C(CC)CC. The molecule has 0 fully saturated rings. The first-order valence-electron chi connectivity index (χ1n) is 7.14. The predicted molar refractivity (Wildman–Crippen MR) is 83.4 cm³/mol. The molecule has 0 aliphatic carbocycles. The Balaban J connectivity index is 2.56. The number of nitrogens with one attached hydrogen (secondary N) is 1. The van der Waals surface area contributed by atoms with Gasteiger partial charge in [0.1, 0.15) is 0 Å². The molecule has 0 aromatic heterocycles. The molecule has 18 heavy (non-hydrogen) atoms. The van der Waals surface area contributed by atoms with E-state index in [1.54, 1.807) is 0 Å². The normalized spacial score (nSPS) is 12.9. The molecule has 102 valence electrons. The zero-order chi connectivity index (χ0) is 13.4. The van der Waals surface area contributed by atoms with Crippen LogP contribution in [0.2, 0.25) is 0 Å². The number of hydrogen-bond donors (Lipinski definition) is 1. The molecule has 1 atom stereocenters. The van der Waals surface area contributed by atoms with Gasteiger partial charge in [-0.05, 0) is 31.5 Å². The van der Waals surface area contributed by atoms with E-state index in [-0.39, 0.29) is 0 Å². The van der Waals surface area contributed by atoms with Crippen molar-refractivity contribution >= 4 is 11.8 Å². The summed E-state index contributed by atoms with van der Waals surface area (Å²) >= 11 is 1.98. The van der Waals surface area contributed by atoms with Crippen molar-refractivity contribution < 1.29 is 0 Å². The number of rotatable bonds is 8. The maximum atomic E-state index is 3.65. The van der Waals surface area contributed by atoms with E-state index in [1.807, 2.05) is 11.8 Å². The Labute approximate surface area is 117 Å². The van der Waals surface area contributed by atoms with Gasteiger partial charge in [-0.15, -0.1) is 11.8 Å². The van der Waals surface area contributed by atoms with Crippen LogP contribution in [0.4, 0.5) is 0 Å². The number of hydrogen-bond acceptors (Lipinski definition) is 2. The first-order chi connectivity index (χ1) is 8.71. The summed E-state index contributed by atoms with van der Waals surface area (Å²) in [5.74, 6) is 1.96. The van der Waals surface area contributed by atoms with Crippen LogP contribution in [0.15, 0.2) is 29.2 Å². The Morgan fingerprint density at radius 3 is 2.44 bits per heavy atom. The molecule has 0 saturated carbocycles. The highest BCUT2D eigenvalue weighted by Gasteiger charge is 2.17. The van der Waals surface area contributed by atoms with Gasteiger partial charge in [0, 0.05) is 16.7 Å². The van der Waals surface area contributed by atoms with Gasteiger partial charge >= 0.3 is 0 Å². The van der Waals surface area contributed by atoms with E-state index >= 15 is 0 Å². The Hall–Kier alpha value is -0.470. The van der Waals surface area contributed by atoms with Crippen molar-refractivity contribution in [2.75, 3.05) is 12.3 Å². The molecule has 0 saturated heterocycles. The summed E-state index contributed by atoms with van der Waals surface area (Å²) in [4.78, 5) is 1.39. The van der Waals surface area contributed by atoms with Crippen LogP contribution >= 0.6 is 11.8 Å². The van der Waals surface area contributed by atoms with Gasteiger partial charge in [0.15, 0.2) is 0 Å². The third-order valence-corrected chi connectivity index (χ3v) is 4.62. The maximum Gasteiger partial charge on any atom is 0.0189 e. The van der Waals surface area contributed by atoms with Crippen LogP contribution in [-0.2, 0) is 0 Å². The van der Waals surface area contributed by atoms with Crippen molar-refractivity contribution in [2.45, 2.75) is 51.5 Å². The molecule has 0 radical (unpaired) electrons. The summed E-state index contributed by atoms with van der Waals surface area (Å²) in [5.41, 5.74) is 1.35. The molecule has 0 amide bonds. The lowest BCUT2D eigenvalue weighted by molar-refractivity contribution is 0.365. The van der Waals surface area contributed by atoms with Gasteiger partial charge in [0.2, 0.25) is 0 Å². The van der Waals surface area contributed by atoms with Crippen LogP contribution in [0.25, 0.3) is 0 Å². The van der Waals surface area contributed by atoms with Crippen molar-refractivity contribution in [1.29, 1.82) is 0 Å². The Kier molecular flexibility index (Phi) is 7.45. The Morgan fingerprint density at radius 2 is 1.89 bits per heavy atom. The largest absolute Gasteiger partial charge is 0.313 e. The van der Waals surface area contributed by atoms with Crippen LogP contribution in [0.5, 0.6) is 0 Å². The fraction of sp³-hybridized carbons (Fsp3) is 0.625. The van der Waals surface area contributed by atoms with E-state index in [0.717, 1.165) is 12.5 Å². The Morgan fingerprint density at radius 1 is 1.17 bits per heavy atom. The van der Waals surface area contributed by atoms with Crippen LogP contribution in [0.3, 0.4) is 0 Å². The second-order valence-electron chi connectivity index (χ2n) is 4.87. The molecular weight excluding hydrogens is 238 g/mol. The third-order valence-electron chi connectivity index (χ3n) is 3.50. The summed E-state index contributed by atoms with van der Waals surface area (Å²) in [6.45, 7) is 10.0. The van der Waals surface area contributed by atoms with Gasteiger partial charge in [-0.2, -0.15) is 0 Å². The zero-order valence-corrected chi connectivity index (χ0v) is 13.0. The standard InChI is InChI=1S/C16H27NS/c1-5-14(6-2)16(17-7-3)12-18-15-10-8-9-13(4)11-15/h8-11,14,16-17H,5-7,12H2,1-4H3. The van der Waals surface area contributed by atoms with Gasteiger partial charge in [0.25, 0.3) is 0 Å². The molecule has 1 rings (SSSR count). The highest BCUT2D eigenvalue weighted by Crippen LogP contribution is 2.24. The fourth-order valence-electron chi connectivity index (χ4n) is 2.37. The van der Waals surface area contributed by atoms with Gasteiger partial charge in [-0.1, -0.05) is 51.3 Å². The van der Waals surface area contributed by atoms with E-state index in [0.29, 0.717) is 6.04 Å². The minimum Gasteiger partial charge on any atom is -0.313 e. The summed E-state index contributed by atoms with van der Waals surface area (Å²) in [6, 6.07) is 9.44. The second kappa shape index (κ2) is 8.60. The molecule has 0 spiro atoms. The number of benzene rings is 1. The summed E-state index contributed by atoms with van der Waals surface area (Å²) in [7, 11) is 0. The maximum absolute atomic E-state index is 3.65. The van der Waals surface area contributed by atoms with Crippen LogP contribution < -0.4 is 5.32 Å². The average Bonchev–Trinajstić information content (AvgIpc) is 2.37. The lowest BCUT2D eigenvalue weighted by atomic mass is 9.95. The highest BCUT2D eigenvalue weighted by molar-refractivity contribution is 7.99. The van der Waals surface area contributed by atoms with Crippen LogP contribution in [0.1, 0.15) is 39.2 Å². The van der Waals surface area contributed by atoms with E-state index in [4.69, 9.17) is 0 Å². The van der Waals surface area contributed by atoms with Crippen LogP contribution in [-0.4, -0.2) is 18.3 Å². The van der Waals surface area contributed by atoms with Crippen molar-refractivity contribution in [3.05, 3.63) is 29.8 Å². The minimum atomic E-state index is 0.635.